The second-order valence-electron chi connectivity index (χ2n) is 6.27. The van der Waals surface area contributed by atoms with Crippen LogP contribution in [-0.2, 0) is 19.5 Å². The van der Waals surface area contributed by atoms with E-state index in [2.05, 4.69) is 49.8 Å². The molecule has 1 aliphatic heterocycles. The number of anilines is 1. The fraction of sp³-hybridized carbons (Fsp3) is 0.647. The van der Waals surface area contributed by atoms with Gasteiger partial charge in [0.15, 0.2) is 0 Å². The van der Waals surface area contributed by atoms with Gasteiger partial charge < -0.3 is 4.90 Å². The Bertz CT molecular complexity index is 659. The van der Waals surface area contributed by atoms with Crippen molar-refractivity contribution in [3.63, 3.8) is 0 Å². The van der Waals surface area contributed by atoms with Gasteiger partial charge >= 0.3 is 0 Å². The van der Waals surface area contributed by atoms with Gasteiger partial charge in [-0.3, -0.25) is 4.90 Å². The molecule has 0 radical (unpaired) electrons. The maximum absolute atomic E-state index is 4.64. The summed E-state index contributed by atoms with van der Waals surface area (Å²) in [4.78, 5) is 18.4. The van der Waals surface area contributed by atoms with Crippen LogP contribution >= 0.6 is 0 Å². The summed E-state index contributed by atoms with van der Waals surface area (Å²) >= 11 is 0. The Kier molecular flexibility index (Phi) is 5.40. The molecule has 0 amide bonds. The van der Waals surface area contributed by atoms with Gasteiger partial charge in [-0.05, 0) is 20.3 Å². The van der Waals surface area contributed by atoms with Crippen molar-refractivity contribution in [3.8, 4) is 0 Å². The van der Waals surface area contributed by atoms with Gasteiger partial charge in [0.05, 0.1) is 6.54 Å². The van der Waals surface area contributed by atoms with Crippen LogP contribution in [0.25, 0.3) is 0 Å². The molecule has 7 nitrogen and oxygen atoms in total. The van der Waals surface area contributed by atoms with E-state index in [1.54, 1.807) is 6.33 Å². The van der Waals surface area contributed by atoms with Gasteiger partial charge in [0.1, 0.15) is 23.8 Å². The second kappa shape index (κ2) is 7.70. The lowest BCUT2D eigenvalue weighted by Gasteiger charge is -2.35. The van der Waals surface area contributed by atoms with E-state index in [1.165, 1.54) is 0 Å². The van der Waals surface area contributed by atoms with Crippen LogP contribution in [0.1, 0.15) is 37.6 Å². The standard InChI is InChI=1S/C17H27N7/c1-4-6-15-11-16(21-14(3)20-15)23-9-7-22(8-10-23)12-17-18-13-19-24(17)5-2/h11,13H,4-10,12H2,1-3H3. The molecule has 0 spiro atoms. The molecule has 0 unspecified atom stereocenters. The average molecular weight is 329 g/mol. The highest BCUT2D eigenvalue weighted by Gasteiger charge is 2.20. The number of rotatable bonds is 6. The Morgan fingerprint density at radius 2 is 1.88 bits per heavy atom. The number of aryl methyl sites for hydroxylation is 3. The fourth-order valence-electron chi connectivity index (χ4n) is 3.17. The number of hydrogen-bond donors (Lipinski definition) is 0. The zero-order chi connectivity index (χ0) is 16.9. The molecule has 0 atom stereocenters. The smallest absolute Gasteiger partial charge is 0.140 e. The summed E-state index contributed by atoms with van der Waals surface area (Å²) in [5.74, 6) is 2.99. The van der Waals surface area contributed by atoms with Crippen LogP contribution in [0.3, 0.4) is 0 Å². The maximum Gasteiger partial charge on any atom is 0.140 e. The molecule has 0 N–H and O–H groups in total. The number of hydrogen-bond acceptors (Lipinski definition) is 6. The van der Waals surface area contributed by atoms with Crippen LogP contribution in [0.5, 0.6) is 0 Å². The number of aromatic nitrogens is 5. The summed E-state index contributed by atoms with van der Waals surface area (Å²) in [6.07, 6.45) is 3.78. The van der Waals surface area contributed by atoms with Gasteiger partial charge in [0.2, 0.25) is 0 Å². The molecule has 1 fully saturated rings. The summed E-state index contributed by atoms with van der Waals surface area (Å²) in [6, 6.07) is 2.15. The molecule has 24 heavy (non-hydrogen) atoms. The fourth-order valence-corrected chi connectivity index (χ4v) is 3.17. The molecule has 0 aliphatic carbocycles. The monoisotopic (exact) mass is 329 g/mol. The summed E-state index contributed by atoms with van der Waals surface area (Å²) < 4.78 is 1.97. The molecule has 7 heteroatoms. The van der Waals surface area contributed by atoms with Gasteiger partial charge in [-0.2, -0.15) is 5.10 Å². The highest BCUT2D eigenvalue weighted by molar-refractivity contribution is 5.40. The van der Waals surface area contributed by atoms with E-state index in [4.69, 9.17) is 0 Å². The molecule has 3 heterocycles. The van der Waals surface area contributed by atoms with Crippen molar-refractivity contribution in [2.75, 3.05) is 31.1 Å². The third-order valence-corrected chi connectivity index (χ3v) is 4.44. The molecule has 2 aromatic rings. The van der Waals surface area contributed by atoms with E-state index < -0.39 is 0 Å². The lowest BCUT2D eigenvalue weighted by atomic mass is 10.2. The zero-order valence-corrected chi connectivity index (χ0v) is 14.9. The lowest BCUT2D eigenvalue weighted by Crippen LogP contribution is -2.46. The van der Waals surface area contributed by atoms with Crippen molar-refractivity contribution in [3.05, 3.63) is 29.7 Å². The molecular weight excluding hydrogens is 302 g/mol. The van der Waals surface area contributed by atoms with Crippen LogP contribution in [0.4, 0.5) is 5.82 Å². The molecule has 0 bridgehead atoms. The second-order valence-corrected chi connectivity index (χ2v) is 6.27. The van der Waals surface area contributed by atoms with Crippen molar-refractivity contribution in [2.24, 2.45) is 0 Å². The Hall–Kier alpha value is -2.02. The van der Waals surface area contributed by atoms with E-state index in [1.807, 2.05) is 11.6 Å². The Balaban J connectivity index is 1.61. The van der Waals surface area contributed by atoms with Crippen LogP contribution in [0.15, 0.2) is 12.4 Å². The van der Waals surface area contributed by atoms with E-state index in [0.717, 1.165) is 75.3 Å². The van der Waals surface area contributed by atoms with Gasteiger partial charge in [0.25, 0.3) is 0 Å². The molecule has 0 saturated carbocycles. The third-order valence-electron chi connectivity index (χ3n) is 4.44. The zero-order valence-electron chi connectivity index (χ0n) is 14.9. The van der Waals surface area contributed by atoms with Gasteiger partial charge in [-0.15, -0.1) is 0 Å². The predicted octanol–water partition coefficient (Wildman–Crippen LogP) is 1.67. The lowest BCUT2D eigenvalue weighted by molar-refractivity contribution is 0.239. The first kappa shape index (κ1) is 16.8. The summed E-state index contributed by atoms with van der Waals surface area (Å²) in [7, 11) is 0. The minimum absolute atomic E-state index is 0.867. The normalized spacial score (nSPS) is 15.9. The molecule has 130 valence electrons. The first-order valence-corrected chi connectivity index (χ1v) is 8.88. The van der Waals surface area contributed by atoms with Crippen LogP contribution in [0.2, 0.25) is 0 Å². The summed E-state index contributed by atoms with van der Waals surface area (Å²) in [5, 5.41) is 4.25. The topological polar surface area (TPSA) is 63.0 Å². The molecular formula is C17H27N7. The van der Waals surface area contributed by atoms with E-state index >= 15 is 0 Å². The van der Waals surface area contributed by atoms with E-state index in [-0.39, 0.29) is 0 Å². The molecule has 2 aromatic heterocycles. The average Bonchev–Trinajstić information content (AvgIpc) is 3.02. The predicted molar refractivity (Wildman–Crippen MR) is 94.0 cm³/mol. The minimum atomic E-state index is 0.867. The molecule has 0 aromatic carbocycles. The van der Waals surface area contributed by atoms with Crippen LogP contribution in [0, 0.1) is 6.92 Å². The Labute approximate surface area is 143 Å². The van der Waals surface area contributed by atoms with E-state index in [9.17, 15) is 0 Å². The van der Waals surface area contributed by atoms with Crippen molar-refractivity contribution in [2.45, 2.75) is 46.7 Å². The van der Waals surface area contributed by atoms with Crippen molar-refractivity contribution >= 4 is 5.82 Å². The van der Waals surface area contributed by atoms with Gasteiger partial charge in [0, 0.05) is 44.5 Å². The largest absolute Gasteiger partial charge is 0.354 e. The highest BCUT2D eigenvalue weighted by atomic mass is 15.4. The van der Waals surface area contributed by atoms with Crippen molar-refractivity contribution in [1.29, 1.82) is 0 Å². The number of nitrogens with zero attached hydrogens (tertiary/aromatic N) is 7. The minimum Gasteiger partial charge on any atom is -0.354 e. The van der Waals surface area contributed by atoms with Crippen molar-refractivity contribution < 1.29 is 0 Å². The van der Waals surface area contributed by atoms with E-state index in [0.29, 0.717) is 0 Å². The van der Waals surface area contributed by atoms with Crippen LogP contribution < -0.4 is 4.90 Å². The maximum atomic E-state index is 4.64. The van der Waals surface area contributed by atoms with Gasteiger partial charge in [-0.1, -0.05) is 13.3 Å². The van der Waals surface area contributed by atoms with Gasteiger partial charge in [-0.25, -0.2) is 19.6 Å². The first-order chi connectivity index (χ1) is 11.7. The highest BCUT2D eigenvalue weighted by Crippen LogP contribution is 2.17. The SMILES string of the molecule is CCCc1cc(N2CCN(Cc3ncnn3CC)CC2)nc(C)n1. The van der Waals surface area contributed by atoms with Crippen molar-refractivity contribution in [1.82, 2.24) is 29.6 Å². The first-order valence-electron chi connectivity index (χ1n) is 8.88. The Morgan fingerprint density at radius 1 is 1.08 bits per heavy atom. The molecule has 3 rings (SSSR count). The molecule has 1 aliphatic rings. The number of piperazine rings is 1. The molecule has 1 saturated heterocycles. The summed E-state index contributed by atoms with van der Waals surface area (Å²) in [5.41, 5.74) is 1.15. The van der Waals surface area contributed by atoms with Crippen LogP contribution in [-0.4, -0.2) is 55.8 Å². The summed E-state index contributed by atoms with van der Waals surface area (Å²) in [6.45, 7) is 12.0. The third kappa shape index (κ3) is 3.90. The Morgan fingerprint density at radius 3 is 2.58 bits per heavy atom. The quantitative estimate of drug-likeness (QED) is 0.803.